The Morgan fingerprint density at radius 2 is 1.97 bits per heavy atom. The van der Waals surface area contributed by atoms with E-state index in [1.807, 2.05) is 35.9 Å². The zero-order valence-electron chi connectivity index (χ0n) is 17.1. The molecule has 30 heavy (non-hydrogen) atoms. The number of pyridine rings is 1. The van der Waals surface area contributed by atoms with Gasteiger partial charge in [-0.15, -0.1) is 0 Å². The lowest BCUT2D eigenvalue weighted by Crippen LogP contribution is -2.13. The summed E-state index contributed by atoms with van der Waals surface area (Å²) >= 11 is 0. The van der Waals surface area contributed by atoms with Crippen LogP contribution in [0.3, 0.4) is 0 Å². The molecular weight excluding hydrogens is 381 g/mol. The average molecular weight is 403 g/mol. The summed E-state index contributed by atoms with van der Waals surface area (Å²) in [6, 6.07) is 12.5. The number of hydrogen-bond acceptors (Lipinski definition) is 5. The van der Waals surface area contributed by atoms with Crippen LogP contribution in [0.1, 0.15) is 55.3 Å². The third-order valence-corrected chi connectivity index (χ3v) is 5.73. The summed E-state index contributed by atoms with van der Waals surface area (Å²) in [5.41, 5.74) is 3.19. The fourth-order valence-corrected chi connectivity index (χ4v) is 3.94. The summed E-state index contributed by atoms with van der Waals surface area (Å²) in [6.07, 6.45) is 3.48. The summed E-state index contributed by atoms with van der Waals surface area (Å²) in [7, 11) is 0. The van der Waals surface area contributed by atoms with Crippen molar-refractivity contribution >= 4 is 0 Å². The molecule has 0 atom stereocenters. The van der Waals surface area contributed by atoms with Crippen LogP contribution in [-0.2, 0) is 5.41 Å². The van der Waals surface area contributed by atoms with Crippen molar-refractivity contribution in [3.63, 3.8) is 0 Å². The van der Waals surface area contributed by atoms with Gasteiger partial charge in [-0.1, -0.05) is 31.1 Å². The Bertz CT molecular complexity index is 1210. The zero-order chi connectivity index (χ0) is 20.9. The molecule has 0 aliphatic heterocycles. The summed E-state index contributed by atoms with van der Waals surface area (Å²) in [5, 5.41) is 8.95. The standard InChI is InChI=1S/C23H22FN5O/c1-14(2)19-13-18(27-29(19)20-6-4-5-11-25-20)21-26-22(28-30-21)23(9-10-23)17-12-16(24)8-7-15(17)3/h4-8,11-14H,9-10H2,1-3H3. The number of rotatable bonds is 5. The van der Waals surface area contributed by atoms with Crippen LogP contribution in [0, 0.1) is 12.7 Å². The van der Waals surface area contributed by atoms with Gasteiger partial charge in [0.05, 0.1) is 5.41 Å². The molecule has 1 saturated carbocycles. The quantitative estimate of drug-likeness (QED) is 0.471. The van der Waals surface area contributed by atoms with E-state index in [9.17, 15) is 4.39 Å². The minimum Gasteiger partial charge on any atom is -0.332 e. The van der Waals surface area contributed by atoms with Gasteiger partial charge < -0.3 is 4.52 Å². The van der Waals surface area contributed by atoms with E-state index < -0.39 is 0 Å². The van der Waals surface area contributed by atoms with E-state index >= 15 is 0 Å². The molecule has 7 heteroatoms. The Morgan fingerprint density at radius 3 is 2.67 bits per heavy atom. The topological polar surface area (TPSA) is 69.6 Å². The van der Waals surface area contributed by atoms with E-state index in [1.54, 1.807) is 18.3 Å². The smallest absolute Gasteiger partial charge is 0.278 e. The summed E-state index contributed by atoms with van der Waals surface area (Å²) in [5.74, 6) is 1.68. The maximum absolute atomic E-state index is 13.9. The molecule has 1 aromatic carbocycles. The zero-order valence-corrected chi connectivity index (χ0v) is 17.1. The van der Waals surface area contributed by atoms with Crippen LogP contribution in [0.4, 0.5) is 4.39 Å². The van der Waals surface area contributed by atoms with Gasteiger partial charge in [-0.3, -0.25) is 0 Å². The molecule has 5 rings (SSSR count). The molecule has 3 aromatic heterocycles. The summed E-state index contributed by atoms with van der Waals surface area (Å²) in [6.45, 7) is 6.19. The molecule has 3 heterocycles. The van der Waals surface area contributed by atoms with Gasteiger partial charge in [0.15, 0.2) is 17.3 Å². The van der Waals surface area contributed by atoms with Crippen LogP contribution in [0.15, 0.2) is 53.2 Å². The minimum atomic E-state index is -0.377. The normalized spacial score (nSPS) is 15.0. The molecule has 0 spiro atoms. The van der Waals surface area contributed by atoms with Gasteiger partial charge in [-0.2, -0.15) is 10.1 Å². The number of benzene rings is 1. The largest absolute Gasteiger partial charge is 0.332 e. The van der Waals surface area contributed by atoms with E-state index in [-0.39, 0.29) is 17.2 Å². The molecular formula is C23H22FN5O. The van der Waals surface area contributed by atoms with Crippen molar-refractivity contribution in [3.05, 3.63) is 77.1 Å². The van der Waals surface area contributed by atoms with Crippen LogP contribution in [0.2, 0.25) is 0 Å². The SMILES string of the molecule is Cc1ccc(F)cc1C1(c2noc(-c3cc(C(C)C)n(-c4ccccn4)n3)n2)CC1. The molecule has 1 aliphatic carbocycles. The maximum atomic E-state index is 13.9. The molecule has 6 nitrogen and oxygen atoms in total. The number of halogens is 1. The van der Waals surface area contributed by atoms with Gasteiger partial charge in [0.1, 0.15) is 5.82 Å². The number of hydrogen-bond donors (Lipinski definition) is 0. The van der Waals surface area contributed by atoms with Gasteiger partial charge >= 0.3 is 0 Å². The van der Waals surface area contributed by atoms with Crippen molar-refractivity contribution in [1.29, 1.82) is 0 Å². The minimum absolute atomic E-state index is 0.236. The van der Waals surface area contributed by atoms with Crippen LogP contribution in [-0.4, -0.2) is 24.9 Å². The molecule has 4 aromatic rings. The van der Waals surface area contributed by atoms with Crippen molar-refractivity contribution in [2.75, 3.05) is 0 Å². The second kappa shape index (κ2) is 6.86. The van der Waals surface area contributed by atoms with Crippen LogP contribution < -0.4 is 0 Å². The molecule has 152 valence electrons. The monoisotopic (exact) mass is 403 g/mol. The highest BCUT2D eigenvalue weighted by Gasteiger charge is 2.51. The highest BCUT2D eigenvalue weighted by atomic mass is 19.1. The van der Waals surface area contributed by atoms with Crippen molar-refractivity contribution in [2.45, 2.75) is 44.9 Å². The molecule has 0 bridgehead atoms. The Morgan fingerprint density at radius 1 is 1.13 bits per heavy atom. The van der Waals surface area contributed by atoms with Crippen molar-refractivity contribution < 1.29 is 8.91 Å². The first-order valence-corrected chi connectivity index (χ1v) is 10.1. The summed E-state index contributed by atoms with van der Waals surface area (Å²) < 4.78 is 21.3. The van der Waals surface area contributed by atoms with Crippen LogP contribution in [0.5, 0.6) is 0 Å². The highest BCUT2D eigenvalue weighted by molar-refractivity contribution is 5.51. The number of aryl methyl sites for hydroxylation is 1. The Kier molecular flexibility index (Phi) is 4.27. The van der Waals surface area contributed by atoms with Crippen LogP contribution in [0.25, 0.3) is 17.4 Å². The lowest BCUT2D eigenvalue weighted by molar-refractivity contribution is 0.416. The predicted octanol–water partition coefficient (Wildman–Crippen LogP) is 4.97. The Hall–Kier alpha value is -3.35. The van der Waals surface area contributed by atoms with Gasteiger partial charge in [0.2, 0.25) is 0 Å². The van der Waals surface area contributed by atoms with Gasteiger partial charge in [0, 0.05) is 11.9 Å². The first-order chi connectivity index (χ1) is 14.5. The molecule has 1 fully saturated rings. The third-order valence-electron chi connectivity index (χ3n) is 5.73. The van der Waals surface area contributed by atoms with Gasteiger partial charge in [-0.05, 0) is 67.1 Å². The van der Waals surface area contributed by atoms with E-state index in [2.05, 4.69) is 29.0 Å². The molecule has 0 saturated heterocycles. The first-order valence-electron chi connectivity index (χ1n) is 10.1. The molecule has 1 aliphatic rings. The molecule has 0 radical (unpaired) electrons. The molecule has 0 unspecified atom stereocenters. The Labute approximate surface area is 173 Å². The average Bonchev–Trinajstić information content (AvgIpc) is 3.19. The van der Waals surface area contributed by atoms with Gasteiger partial charge in [-0.25, -0.2) is 14.1 Å². The van der Waals surface area contributed by atoms with E-state index in [4.69, 9.17) is 9.62 Å². The second-order valence-corrected chi connectivity index (χ2v) is 8.17. The van der Waals surface area contributed by atoms with E-state index in [0.29, 0.717) is 17.4 Å². The van der Waals surface area contributed by atoms with Crippen molar-refractivity contribution in [1.82, 2.24) is 24.9 Å². The number of nitrogens with zero attached hydrogens (tertiary/aromatic N) is 5. The molecule has 0 amide bonds. The second-order valence-electron chi connectivity index (χ2n) is 8.17. The fourth-order valence-electron chi connectivity index (χ4n) is 3.94. The van der Waals surface area contributed by atoms with E-state index in [1.165, 1.54) is 6.07 Å². The lowest BCUT2D eigenvalue weighted by atomic mass is 9.91. The van der Waals surface area contributed by atoms with Crippen LogP contribution >= 0.6 is 0 Å². The third kappa shape index (κ3) is 3.01. The molecule has 0 N–H and O–H groups in total. The Balaban J connectivity index is 1.54. The maximum Gasteiger partial charge on any atom is 0.278 e. The van der Waals surface area contributed by atoms with Crippen molar-refractivity contribution in [2.24, 2.45) is 0 Å². The fraction of sp³-hybridized carbons (Fsp3) is 0.304. The predicted molar refractivity (Wildman–Crippen MR) is 110 cm³/mol. The van der Waals surface area contributed by atoms with E-state index in [0.717, 1.165) is 35.5 Å². The highest BCUT2D eigenvalue weighted by Crippen LogP contribution is 2.53. The van der Waals surface area contributed by atoms with Gasteiger partial charge in [0.25, 0.3) is 5.89 Å². The number of aromatic nitrogens is 5. The summed E-state index contributed by atoms with van der Waals surface area (Å²) in [4.78, 5) is 9.08. The first kappa shape index (κ1) is 18.7. The van der Waals surface area contributed by atoms with Crippen molar-refractivity contribution in [3.8, 4) is 17.4 Å². The lowest BCUT2D eigenvalue weighted by Gasteiger charge is -2.14.